The number of nitro groups is 1. The molecule has 20 heavy (non-hydrogen) atoms. The van der Waals surface area contributed by atoms with Crippen LogP contribution < -0.4 is 4.74 Å². The number of rotatable bonds is 4. The van der Waals surface area contributed by atoms with Crippen molar-refractivity contribution in [2.75, 3.05) is 0 Å². The van der Waals surface area contributed by atoms with Crippen molar-refractivity contribution in [3.8, 4) is 11.5 Å². The first-order valence-electron chi connectivity index (χ1n) is 5.43. The number of carboxylic acid groups (broad SMARTS) is 1. The molecule has 2 rings (SSSR count). The van der Waals surface area contributed by atoms with E-state index in [0.717, 1.165) is 6.07 Å². The van der Waals surface area contributed by atoms with Gasteiger partial charge in [0.15, 0.2) is 0 Å². The summed E-state index contributed by atoms with van der Waals surface area (Å²) in [5, 5.41) is 19.6. The van der Waals surface area contributed by atoms with Crippen LogP contribution in [0.3, 0.4) is 0 Å². The number of hydrogen-bond acceptors (Lipinski definition) is 4. The van der Waals surface area contributed by atoms with E-state index in [-0.39, 0.29) is 17.1 Å². The van der Waals surface area contributed by atoms with E-state index in [1.165, 1.54) is 36.4 Å². The number of hydrogen-bond donors (Lipinski definition) is 1. The van der Waals surface area contributed by atoms with E-state index in [1.54, 1.807) is 0 Å². The molecule has 0 heterocycles. The lowest BCUT2D eigenvalue weighted by Gasteiger charge is -2.07. The third-order valence-corrected chi connectivity index (χ3v) is 2.44. The van der Waals surface area contributed by atoms with Crippen molar-refractivity contribution in [1.29, 1.82) is 0 Å². The summed E-state index contributed by atoms with van der Waals surface area (Å²) in [5.74, 6) is -2.41. The van der Waals surface area contributed by atoms with Crippen LogP contribution in [0, 0.1) is 15.9 Å². The first kappa shape index (κ1) is 13.5. The first-order valence-corrected chi connectivity index (χ1v) is 5.43. The minimum atomic E-state index is -1.16. The van der Waals surface area contributed by atoms with Crippen molar-refractivity contribution in [1.82, 2.24) is 0 Å². The summed E-state index contributed by atoms with van der Waals surface area (Å²) in [4.78, 5) is 20.7. The molecule has 0 fully saturated rings. The van der Waals surface area contributed by atoms with Crippen LogP contribution >= 0.6 is 0 Å². The lowest BCUT2D eigenvalue weighted by atomic mass is 10.2. The van der Waals surface area contributed by atoms with Gasteiger partial charge in [0.1, 0.15) is 5.75 Å². The van der Waals surface area contributed by atoms with Gasteiger partial charge in [-0.1, -0.05) is 12.1 Å². The van der Waals surface area contributed by atoms with Crippen LogP contribution in [0.1, 0.15) is 10.4 Å². The molecule has 0 atom stereocenters. The van der Waals surface area contributed by atoms with Crippen LogP contribution in [0.15, 0.2) is 42.5 Å². The summed E-state index contributed by atoms with van der Waals surface area (Å²) >= 11 is 0. The van der Waals surface area contributed by atoms with E-state index in [0.29, 0.717) is 0 Å². The molecule has 0 aliphatic carbocycles. The third kappa shape index (κ3) is 2.72. The van der Waals surface area contributed by atoms with Gasteiger partial charge in [0.2, 0.25) is 11.6 Å². The fourth-order valence-corrected chi connectivity index (χ4v) is 1.57. The maximum Gasteiger partial charge on any atom is 0.346 e. The summed E-state index contributed by atoms with van der Waals surface area (Å²) in [6, 6.07) is 8.81. The molecular formula is C13H8FNO5. The van der Waals surface area contributed by atoms with Gasteiger partial charge in [-0.25, -0.2) is 4.79 Å². The molecular weight excluding hydrogens is 269 g/mol. The van der Waals surface area contributed by atoms with E-state index in [1.807, 2.05) is 0 Å². The predicted molar refractivity (Wildman–Crippen MR) is 66.5 cm³/mol. The van der Waals surface area contributed by atoms with Crippen LogP contribution in [-0.4, -0.2) is 16.0 Å². The van der Waals surface area contributed by atoms with Crippen LogP contribution in [0.5, 0.6) is 11.5 Å². The smallest absolute Gasteiger partial charge is 0.346 e. The number of benzene rings is 2. The average Bonchev–Trinajstić information content (AvgIpc) is 2.38. The summed E-state index contributed by atoms with van der Waals surface area (Å²) in [5.41, 5.74) is -0.838. The van der Waals surface area contributed by atoms with Gasteiger partial charge in [0.05, 0.1) is 10.5 Å². The van der Waals surface area contributed by atoms with E-state index in [9.17, 15) is 19.3 Å². The molecule has 1 N–H and O–H groups in total. The number of halogens is 1. The van der Waals surface area contributed by atoms with Crippen molar-refractivity contribution < 1.29 is 24.0 Å². The second-order valence-corrected chi connectivity index (χ2v) is 3.78. The maximum absolute atomic E-state index is 13.4. The molecule has 0 aromatic heterocycles. The van der Waals surface area contributed by atoms with Gasteiger partial charge < -0.3 is 9.84 Å². The third-order valence-electron chi connectivity index (χ3n) is 2.44. The summed E-state index contributed by atoms with van der Waals surface area (Å²) in [7, 11) is 0. The lowest BCUT2D eigenvalue weighted by molar-refractivity contribution is -0.388. The number of ether oxygens (including phenoxy) is 1. The fraction of sp³-hybridized carbons (Fsp3) is 0. The number of carbonyl (C=O) groups is 1. The second kappa shape index (κ2) is 5.35. The topological polar surface area (TPSA) is 89.7 Å². The Bertz CT molecular complexity index is 686. The second-order valence-electron chi connectivity index (χ2n) is 3.78. The molecule has 102 valence electrons. The van der Waals surface area contributed by atoms with Crippen molar-refractivity contribution in [2.45, 2.75) is 0 Å². The number of para-hydroxylation sites is 1. The highest BCUT2D eigenvalue weighted by Gasteiger charge is 2.21. The highest BCUT2D eigenvalue weighted by atomic mass is 19.1. The lowest BCUT2D eigenvalue weighted by Crippen LogP contribution is -1.98. The molecule has 0 radical (unpaired) electrons. The monoisotopic (exact) mass is 277 g/mol. The Hall–Kier alpha value is -2.96. The number of nitro benzene ring substituents is 1. The summed E-state index contributed by atoms with van der Waals surface area (Å²) in [6.45, 7) is 0. The van der Waals surface area contributed by atoms with Gasteiger partial charge in [0.25, 0.3) is 0 Å². The van der Waals surface area contributed by atoms with Crippen LogP contribution in [0.2, 0.25) is 0 Å². The number of carboxylic acids is 1. The summed E-state index contributed by atoms with van der Waals surface area (Å²) in [6.07, 6.45) is 0. The zero-order chi connectivity index (χ0) is 14.7. The van der Waals surface area contributed by atoms with Gasteiger partial charge in [0, 0.05) is 0 Å². The molecule has 2 aromatic carbocycles. The quantitative estimate of drug-likeness (QED) is 0.684. The highest BCUT2D eigenvalue weighted by molar-refractivity contribution is 5.88. The highest BCUT2D eigenvalue weighted by Crippen LogP contribution is 2.33. The molecule has 2 aromatic rings. The fourth-order valence-electron chi connectivity index (χ4n) is 1.57. The molecule has 0 saturated carbocycles. The van der Waals surface area contributed by atoms with Crippen molar-refractivity contribution in [3.05, 3.63) is 64.0 Å². The molecule has 0 bridgehead atoms. The van der Waals surface area contributed by atoms with Gasteiger partial charge in [-0.05, 0) is 30.3 Å². The Morgan fingerprint density at radius 3 is 2.60 bits per heavy atom. The minimum Gasteiger partial charge on any atom is -0.478 e. The van der Waals surface area contributed by atoms with Crippen molar-refractivity contribution in [3.63, 3.8) is 0 Å². The summed E-state index contributed by atoms with van der Waals surface area (Å²) < 4.78 is 18.6. The first-order chi connectivity index (χ1) is 9.49. The Labute approximate surface area is 112 Å². The van der Waals surface area contributed by atoms with Crippen LogP contribution in [0.4, 0.5) is 10.1 Å². The zero-order valence-corrected chi connectivity index (χ0v) is 9.95. The van der Waals surface area contributed by atoms with E-state index in [2.05, 4.69) is 0 Å². The van der Waals surface area contributed by atoms with Gasteiger partial charge in [-0.15, -0.1) is 0 Å². The SMILES string of the molecule is O=C(O)c1cccc(Oc2cccc(F)c2[N+](=O)[O-])c1. The Kier molecular flexibility index (Phi) is 3.60. The van der Waals surface area contributed by atoms with Gasteiger partial charge in [-0.2, -0.15) is 4.39 Å². The van der Waals surface area contributed by atoms with Gasteiger partial charge >= 0.3 is 11.7 Å². The Morgan fingerprint density at radius 1 is 1.25 bits per heavy atom. The number of nitrogens with zero attached hydrogens (tertiary/aromatic N) is 1. The molecule has 0 unspecified atom stereocenters. The molecule has 0 saturated heterocycles. The standard InChI is InChI=1S/C13H8FNO5/c14-10-5-2-6-11(12(10)15(18)19)20-9-4-1-3-8(7-9)13(16)17/h1-7H,(H,16,17). The molecule has 7 heteroatoms. The van der Waals surface area contributed by atoms with Crippen molar-refractivity contribution >= 4 is 11.7 Å². The van der Waals surface area contributed by atoms with Crippen LogP contribution in [-0.2, 0) is 0 Å². The van der Waals surface area contributed by atoms with E-state index < -0.39 is 22.4 Å². The molecule has 6 nitrogen and oxygen atoms in total. The average molecular weight is 277 g/mol. The van der Waals surface area contributed by atoms with E-state index in [4.69, 9.17) is 9.84 Å². The predicted octanol–water partition coefficient (Wildman–Crippen LogP) is 3.22. The molecule has 0 amide bonds. The maximum atomic E-state index is 13.4. The number of aromatic carboxylic acids is 1. The Morgan fingerprint density at radius 2 is 1.95 bits per heavy atom. The largest absolute Gasteiger partial charge is 0.478 e. The zero-order valence-electron chi connectivity index (χ0n) is 9.95. The minimum absolute atomic E-state index is 0.0402. The molecule has 0 aliphatic heterocycles. The van der Waals surface area contributed by atoms with Crippen LogP contribution in [0.25, 0.3) is 0 Å². The molecule has 0 spiro atoms. The van der Waals surface area contributed by atoms with E-state index >= 15 is 0 Å². The normalized spacial score (nSPS) is 10.1. The molecule has 0 aliphatic rings. The van der Waals surface area contributed by atoms with Gasteiger partial charge in [-0.3, -0.25) is 10.1 Å². The Balaban J connectivity index is 2.40. The van der Waals surface area contributed by atoms with Crippen molar-refractivity contribution in [2.24, 2.45) is 0 Å².